The summed E-state index contributed by atoms with van der Waals surface area (Å²) < 4.78 is 18.8. The van der Waals surface area contributed by atoms with Crippen LogP contribution in [0.5, 0.6) is 5.75 Å². The molecule has 0 heterocycles. The SMILES string of the molecule is COc1ccc(CNc2c(Cl)cc(F)cc2Br)cc1. The van der Waals surface area contributed by atoms with Gasteiger partial charge in [0.1, 0.15) is 11.6 Å². The Morgan fingerprint density at radius 3 is 2.53 bits per heavy atom. The fourth-order valence-electron chi connectivity index (χ4n) is 1.64. The second-order valence-electron chi connectivity index (χ2n) is 3.95. The van der Waals surface area contributed by atoms with Gasteiger partial charge in [-0.25, -0.2) is 4.39 Å². The van der Waals surface area contributed by atoms with Crippen molar-refractivity contribution >= 4 is 33.2 Å². The molecule has 0 amide bonds. The van der Waals surface area contributed by atoms with E-state index in [2.05, 4.69) is 21.2 Å². The molecule has 0 saturated carbocycles. The predicted octanol–water partition coefficient (Wildman–Crippen LogP) is 4.86. The Bertz CT molecular complexity index is 551. The highest BCUT2D eigenvalue weighted by molar-refractivity contribution is 9.10. The molecule has 2 rings (SSSR count). The van der Waals surface area contributed by atoms with Crippen molar-refractivity contribution in [3.8, 4) is 5.75 Å². The Kier molecular flexibility index (Phi) is 4.66. The molecule has 0 bridgehead atoms. The Hall–Kier alpha value is -1.26. The summed E-state index contributed by atoms with van der Waals surface area (Å²) in [7, 11) is 1.63. The van der Waals surface area contributed by atoms with Gasteiger partial charge >= 0.3 is 0 Å². The Morgan fingerprint density at radius 2 is 1.95 bits per heavy atom. The first-order chi connectivity index (χ1) is 9.10. The molecule has 0 radical (unpaired) electrons. The number of hydrogen-bond donors (Lipinski definition) is 1. The van der Waals surface area contributed by atoms with Gasteiger partial charge in [-0.2, -0.15) is 0 Å². The van der Waals surface area contributed by atoms with E-state index in [1.54, 1.807) is 7.11 Å². The van der Waals surface area contributed by atoms with Crippen molar-refractivity contribution in [1.82, 2.24) is 0 Å². The molecule has 19 heavy (non-hydrogen) atoms. The lowest BCUT2D eigenvalue weighted by molar-refractivity contribution is 0.414. The number of methoxy groups -OCH3 is 1. The third-order valence-electron chi connectivity index (χ3n) is 2.64. The van der Waals surface area contributed by atoms with Gasteiger partial charge in [-0.15, -0.1) is 0 Å². The largest absolute Gasteiger partial charge is 0.497 e. The molecule has 0 aliphatic rings. The number of anilines is 1. The minimum Gasteiger partial charge on any atom is -0.497 e. The molecule has 2 nitrogen and oxygen atoms in total. The second-order valence-corrected chi connectivity index (χ2v) is 5.21. The molecule has 0 unspecified atom stereocenters. The zero-order valence-electron chi connectivity index (χ0n) is 10.2. The molecule has 2 aromatic rings. The van der Waals surface area contributed by atoms with E-state index >= 15 is 0 Å². The fourth-order valence-corrected chi connectivity index (χ4v) is 2.60. The number of benzene rings is 2. The van der Waals surface area contributed by atoms with Crippen molar-refractivity contribution in [3.63, 3.8) is 0 Å². The quantitative estimate of drug-likeness (QED) is 0.855. The van der Waals surface area contributed by atoms with Gasteiger partial charge < -0.3 is 10.1 Å². The van der Waals surface area contributed by atoms with Gasteiger partial charge in [0, 0.05) is 11.0 Å². The summed E-state index contributed by atoms with van der Waals surface area (Å²) in [5.41, 5.74) is 1.76. The lowest BCUT2D eigenvalue weighted by Crippen LogP contribution is -2.01. The molecule has 5 heteroatoms. The second kappa shape index (κ2) is 6.26. The summed E-state index contributed by atoms with van der Waals surface area (Å²) in [5.74, 6) is 0.441. The van der Waals surface area contributed by atoms with Crippen LogP contribution in [0.15, 0.2) is 40.9 Å². The van der Waals surface area contributed by atoms with Gasteiger partial charge in [0.05, 0.1) is 17.8 Å². The molecule has 0 spiro atoms. The average molecular weight is 345 g/mol. The number of nitrogens with one attached hydrogen (secondary N) is 1. The fraction of sp³-hybridized carbons (Fsp3) is 0.143. The average Bonchev–Trinajstić information content (AvgIpc) is 2.38. The first-order valence-corrected chi connectivity index (χ1v) is 6.78. The summed E-state index contributed by atoms with van der Waals surface area (Å²) in [6.07, 6.45) is 0. The number of rotatable bonds is 4. The van der Waals surface area contributed by atoms with Gasteiger partial charge in [0.25, 0.3) is 0 Å². The van der Waals surface area contributed by atoms with Crippen LogP contribution >= 0.6 is 27.5 Å². The van der Waals surface area contributed by atoms with Crippen LogP contribution in [0, 0.1) is 5.82 Å². The predicted molar refractivity (Wildman–Crippen MR) is 79.4 cm³/mol. The molecule has 1 N–H and O–H groups in total. The molecular weight excluding hydrogens is 333 g/mol. The van der Waals surface area contributed by atoms with Crippen LogP contribution in [0.25, 0.3) is 0 Å². The summed E-state index contributed by atoms with van der Waals surface area (Å²) in [6, 6.07) is 10.3. The van der Waals surface area contributed by atoms with E-state index in [0.29, 0.717) is 21.7 Å². The van der Waals surface area contributed by atoms with Crippen LogP contribution < -0.4 is 10.1 Å². The van der Waals surface area contributed by atoms with Crippen LogP contribution in [0.4, 0.5) is 10.1 Å². The smallest absolute Gasteiger partial charge is 0.125 e. The number of hydrogen-bond acceptors (Lipinski definition) is 2. The van der Waals surface area contributed by atoms with Crippen LogP contribution in [0.1, 0.15) is 5.56 Å². The van der Waals surface area contributed by atoms with E-state index in [1.165, 1.54) is 12.1 Å². The van der Waals surface area contributed by atoms with E-state index in [4.69, 9.17) is 16.3 Å². The van der Waals surface area contributed by atoms with E-state index in [-0.39, 0.29) is 5.82 Å². The maximum absolute atomic E-state index is 13.1. The van der Waals surface area contributed by atoms with Crippen molar-refractivity contribution in [3.05, 3.63) is 57.3 Å². The van der Waals surface area contributed by atoms with Gasteiger partial charge in [-0.3, -0.25) is 0 Å². The standard InChI is InChI=1S/C14H12BrClFNO/c1-19-11-4-2-9(3-5-11)8-18-14-12(15)6-10(17)7-13(14)16/h2-7,18H,8H2,1H3. The van der Waals surface area contributed by atoms with E-state index in [9.17, 15) is 4.39 Å². The van der Waals surface area contributed by atoms with Gasteiger partial charge in [-0.05, 0) is 45.8 Å². The third-order valence-corrected chi connectivity index (χ3v) is 3.56. The van der Waals surface area contributed by atoms with Crippen LogP contribution in [0.3, 0.4) is 0 Å². The number of ether oxygens (including phenoxy) is 1. The zero-order chi connectivity index (χ0) is 13.8. The molecule has 2 aromatic carbocycles. The molecule has 0 fully saturated rings. The van der Waals surface area contributed by atoms with Crippen molar-refractivity contribution in [2.45, 2.75) is 6.54 Å². The molecule has 0 saturated heterocycles. The van der Waals surface area contributed by atoms with Gasteiger partial charge in [0.2, 0.25) is 0 Å². The summed E-state index contributed by atoms with van der Waals surface area (Å²) in [6.45, 7) is 0.591. The first kappa shape index (κ1) is 14.2. The monoisotopic (exact) mass is 343 g/mol. The molecule has 0 atom stereocenters. The first-order valence-electron chi connectivity index (χ1n) is 5.61. The maximum atomic E-state index is 13.1. The van der Waals surface area contributed by atoms with Gasteiger partial charge in [-0.1, -0.05) is 23.7 Å². The minimum absolute atomic E-state index is 0.348. The van der Waals surface area contributed by atoms with Crippen LogP contribution in [0.2, 0.25) is 5.02 Å². The van der Waals surface area contributed by atoms with Crippen molar-refractivity contribution in [2.24, 2.45) is 0 Å². The Balaban J connectivity index is 2.10. The van der Waals surface area contributed by atoms with Crippen LogP contribution in [-0.2, 0) is 6.54 Å². The molecular formula is C14H12BrClFNO. The third kappa shape index (κ3) is 3.61. The highest BCUT2D eigenvalue weighted by Crippen LogP contribution is 2.32. The van der Waals surface area contributed by atoms with E-state index < -0.39 is 0 Å². The van der Waals surface area contributed by atoms with Crippen molar-refractivity contribution < 1.29 is 9.13 Å². The lowest BCUT2D eigenvalue weighted by atomic mass is 10.2. The normalized spacial score (nSPS) is 10.3. The molecule has 0 aromatic heterocycles. The highest BCUT2D eigenvalue weighted by atomic mass is 79.9. The summed E-state index contributed by atoms with van der Waals surface area (Å²) in [4.78, 5) is 0. The van der Waals surface area contributed by atoms with Gasteiger partial charge in [0.15, 0.2) is 0 Å². The maximum Gasteiger partial charge on any atom is 0.125 e. The minimum atomic E-state index is -0.369. The highest BCUT2D eigenvalue weighted by Gasteiger charge is 2.07. The van der Waals surface area contributed by atoms with Crippen LogP contribution in [-0.4, -0.2) is 7.11 Å². The molecule has 100 valence electrons. The van der Waals surface area contributed by atoms with E-state index in [1.807, 2.05) is 24.3 Å². The molecule has 0 aliphatic heterocycles. The summed E-state index contributed by atoms with van der Waals surface area (Å²) >= 11 is 9.28. The van der Waals surface area contributed by atoms with Crippen molar-refractivity contribution in [1.29, 1.82) is 0 Å². The topological polar surface area (TPSA) is 21.3 Å². The summed E-state index contributed by atoms with van der Waals surface area (Å²) in [5, 5.41) is 3.52. The van der Waals surface area contributed by atoms with Crippen molar-refractivity contribution in [2.75, 3.05) is 12.4 Å². The Labute approximate surface area is 124 Å². The zero-order valence-corrected chi connectivity index (χ0v) is 12.6. The lowest BCUT2D eigenvalue weighted by Gasteiger charge is -2.11. The number of halogens is 3. The molecule has 0 aliphatic carbocycles. The van der Waals surface area contributed by atoms with E-state index in [0.717, 1.165) is 11.3 Å². The Morgan fingerprint density at radius 1 is 1.26 bits per heavy atom.